The third-order valence-corrected chi connectivity index (χ3v) is 6.14. The molecule has 1 aliphatic heterocycles. The lowest BCUT2D eigenvalue weighted by molar-refractivity contribution is 0.0901. The molecule has 22 heavy (non-hydrogen) atoms. The predicted molar refractivity (Wildman–Crippen MR) is 91.5 cm³/mol. The highest BCUT2D eigenvalue weighted by molar-refractivity contribution is 7.99. The Labute approximate surface area is 135 Å². The molecule has 0 saturated heterocycles. The molecule has 0 unspecified atom stereocenters. The number of amides is 1. The maximum atomic E-state index is 12.8. The first kappa shape index (κ1) is 14.2. The van der Waals surface area contributed by atoms with Crippen molar-refractivity contribution in [3.05, 3.63) is 30.0 Å². The monoisotopic (exact) mass is 314 g/mol. The van der Waals surface area contributed by atoms with Gasteiger partial charge in [-0.05, 0) is 30.9 Å². The van der Waals surface area contributed by atoms with Crippen molar-refractivity contribution in [1.29, 1.82) is 0 Å². The van der Waals surface area contributed by atoms with Gasteiger partial charge >= 0.3 is 0 Å². The SMILES string of the molecule is C[C@H]1CCCC[C@H]1NC(=O)c1cc2cccc3c2n1CCS3. The number of aromatic nitrogens is 1. The Bertz CT molecular complexity index is 721. The molecule has 2 aliphatic rings. The van der Waals surface area contributed by atoms with Crippen LogP contribution < -0.4 is 5.32 Å². The molecule has 1 saturated carbocycles. The molecule has 4 heteroatoms. The number of nitrogens with zero attached hydrogens (tertiary/aromatic N) is 1. The zero-order valence-corrected chi connectivity index (χ0v) is 13.8. The Hall–Kier alpha value is -1.42. The number of benzene rings is 1. The molecule has 0 radical (unpaired) electrons. The summed E-state index contributed by atoms with van der Waals surface area (Å²) in [7, 11) is 0. The van der Waals surface area contributed by atoms with E-state index in [0.29, 0.717) is 12.0 Å². The smallest absolute Gasteiger partial charge is 0.268 e. The fourth-order valence-corrected chi connectivity index (χ4v) is 4.88. The average Bonchev–Trinajstić information content (AvgIpc) is 2.91. The number of carbonyl (C=O) groups excluding carboxylic acids is 1. The first-order valence-electron chi connectivity index (χ1n) is 8.30. The molecule has 2 heterocycles. The van der Waals surface area contributed by atoms with Crippen LogP contribution in [0.1, 0.15) is 43.1 Å². The highest BCUT2D eigenvalue weighted by Crippen LogP contribution is 2.34. The molecule has 1 aromatic heterocycles. The Morgan fingerprint density at radius 2 is 2.18 bits per heavy atom. The summed E-state index contributed by atoms with van der Waals surface area (Å²) in [5, 5.41) is 4.48. The van der Waals surface area contributed by atoms with Crippen LogP contribution in [-0.4, -0.2) is 22.3 Å². The van der Waals surface area contributed by atoms with E-state index in [1.54, 1.807) is 0 Å². The van der Waals surface area contributed by atoms with Crippen LogP contribution in [-0.2, 0) is 6.54 Å². The van der Waals surface area contributed by atoms with Crippen LogP contribution >= 0.6 is 11.8 Å². The van der Waals surface area contributed by atoms with Crippen molar-refractivity contribution >= 4 is 28.6 Å². The third-order valence-electron chi connectivity index (χ3n) is 5.12. The second-order valence-electron chi connectivity index (χ2n) is 6.57. The quantitative estimate of drug-likeness (QED) is 0.907. The molecular weight excluding hydrogens is 292 g/mol. The molecule has 4 rings (SSSR count). The van der Waals surface area contributed by atoms with Crippen molar-refractivity contribution in [2.75, 3.05) is 5.75 Å². The molecule has 1 aliphatic carbocycles. The van der Waals surface area contributed by atoms with E-state index in [4.69, 9.17) is 0 Å². The molecule has 1 N–H and O–H groups in total. The number of rotatable bonds is 2. The third kappa shape index (κ3) is 2.34. The van der Waals surface area contributed by atoms with Gasteiger partial charge in [-0.3, -0.25) is 4.79 Å². The Morgan fingerprint density at radius 1 is 1.32 bits per heavy atom. The van der Waals surface area contributed by atoms with Crippen LogP contribution in [0, 0.1) is 5.92 Å². The summed E-state index contributed by atoms with van der Waals surface area (Å²) < 4.78 is 2.21. The summed E-state index contributed by atoms with van der Waals surface area (Å²) in [4.78, 5) is 14.1. The van der Waals surface area contributed by atoms with Gasteiger partial charge in [0.25, 0.3) is 5.91 Å². The fourth-order valence-electron chi connectivity index (χ4n) is 3.85. The van der Waals surface area contributed by atoms with Gasteiger partial charge in [0.1, 0.15) is 5.69 Å². The van der Waals surface area contributed by atoms with Gasteiger partial charge in [-0.1, -0.05) is 31.9 Å². The zero-order valence-electron chi connectivity index (χ0n) is 13.0. The summed E-state index contributed by atoms with van der Waals surface area (Å²) in [6, 6.07) is 8.76. The molecule has 1 amide bonds. The first-order chi connectivity index (χ1) is 10.7. The van der Waals surface area contributed by atoms with Gasteiger partial charge in [-0.2, -0.15) is 0 Å². The molecule has 1 fully saturated rings. The molecule has 2 atom stereocenters. The van der Waals surface area contributed by atoms with Crippen LogP contribution in [0.5, 0.6) is 0 Å². The lowest BCUT2D eigenvalue weighted by atomic mass is 9.86. The summed E-state index contributed by atoms with van der Waals surface area (Å²) in [5.74, 6) is 1.74. The van der Waals surface area contributed by atoms with E-state index < -0.39 is 0 Å². The van der Waals surface area contributed by atoms with Gasteiger partial charge in [0, 0.05) is 28.6 Å². The van der Waals surface area contributed by atoms with Crippen LogP contribution in [0.3, 0.4) is 0 Å². The number of carbonyl (C=O) groups is 1. The molecule has 0 bridgehead atoms. The number of aryl methyl sites for hydroxylation is 1. The van der Waals surface area contributed by atoms with E-state index in [9.17, 15) is 4.79 Å². The normalized spacial score (nSPS) is 24.4. The van der Waals surface area contributed by atoms with Gasteiger partial charge in [-0.25, -0.2) is 0 Å². The summed E-state index contributed by atoms with van der Waals surface area (Å²) >= 11 is 1.89. The van der Waals surface area contributed by atoms with E-state index >= 15 is 0 Å². The van der Waals surface area contributed by atoms with Crippen LogP contribution in [0.4, 0.5) is 0 Å². The van der Waals surface area contributed by atoms with Crippen molar-refractivity contribution in [2.24, 2.45) is 5.92 Å². The second-order valence-corrected chi connectivity index (χ2v) is 7.70. The van der Waals surface area contributed by atoms with E-state index in [2.05, 4.69) is 41.1 Å². The first-order valence-corrected chi connectivity index (χ1v) is 9.28. The minimum atomic E-state index is 0.104. The molecular formula is C18H22N2OS. The molecule has 1 aromatic carbocycles. The van der Waals surface area contributed by atoms with Crippen molar-refractivity contribution in [3.63, 3.8) is 0 Å². The lowest BCUT2D eigenvalue weighted by Crippen LogP contribution is -2.41. The van der Waals surface area contributed by atoms with Crippen molar-refractivity contribution in [3.8, 4) is 0 Å². The summed E-state index contributed by atoms with van der Waals surface area (Å²) in [5.41, 5.74) is 2.07. The topological polar surface area (TPSA) is 34.0 Å². The summed E-state index contributed by atoms with van der Waals surface area (Å²) in [6.45, 7) is 3.19. The number of para-hydroxylation sites is 1. The fraction of sp³-hybridized carbons (Fsp3) is 0.500. The lowest BCUT2D eigenvalue weighted by Gasteiger charge is -2.29. The maximum absolute atomic E-state index is 12.8. The minimum absolute atomic E-state index is 0.104. The highest BCUT2D eigenvalue weighted by atomic mass is 32.2. The van der Waals surface area contributed by atoms with E-state index in [-0.39, 0.29) is 5.91 Å². The van der Waals surface area contributed by atoms with Gasteiger partial charge in [-0.15, -0.1) is 11.8 Å². The van der Waals surface area contributed by atoms with E-state index in [1.807, 2.05) is 11.8 Å². The minimum Gasteiger partial charge on any atom is -0.348 e. The molecule has 3 nitrogen and oxygen atoms in total. The molecule has 2 aromatic rings. The average molecular weight is 314 g/mol. The van der Waals surface area contributed by atoms with Gasteiger partial charge < -0.3 is 9.88 Å². The van der Waals surface area contributed by atoms with Crippen LogP contribution in [0.25, 0.3) is 10.9 Å². The molecule has 0 spiro atoms. The van der Waals surface area contributed by atoms with Gasteiger partial charge in [0.15, 0.2) is 0 Å². The van der Waals surface area contributed by atoms with Crippen molar-refractivity contribution in [1.82, 2.24) is 9.88 Å². The van der Waals surface area contributed by atoms with Crippen LogP contribution in [0.2, 0.25) is 0 Å². The maximum Gasteiger partial charge on any atom is 0.268 e. The van der Waals surface area contributed by atoms with Gasteiger partial charge in [0.2, 0.25) is 0 Å². The van der Waals surface area contributed by atoms with E-state index in [0.717, 1.165) is 24.4 Å². The van der Waals surface area contributed by atoms with Gasteiger partial charge in [0.05, 0.1) is 5.52 Å². The second kappa shape index (κ2) is 5.65. The number of hydrogen-bond acceptors (Lipinski definition) is 2. The Morgan fingerprint density at radius 3 is 3.05 bits per heavy atom. The standard InChI is InChI=1S/C18H22N2OS/c1-12-5-2-3-7-14(12)19-18(21)15-11-13-6-4-8-16-17(13)20(15)9-10-22-16/h4,6,8,11-12,14H,2-3,5,7,9-10H2,1H3,(H,19,21)/t12-,14+/m0/s1. The Balaban J connectivity index is 1.66. The van der Waals surface area contributed by atoms with Crippen LogP contribution in [0.15, 0.2) is 29.2 Å². The van der Waals surface area contributed by atoms with Crippen molar-refractivity contribution < 1.29 is 4.79 Å². The number of hydrogen-bond donors (Lipinski definition) is 1. The number of thioether (sulfide) groups is 1. The van der Waals surface area contributed by atoms with E-state index in [1.165, 1.54) is 35.1 Å². The Kier molecular flexibility index (Phi) is 3.65. The summed E-state index contributed by atoms with van der Waals surface area (Å²) in [6.07, 6.45) is 4.89. The predicted octanol–water partition coefficient (Wildman–Crippen LogP) is 4.06. The number of nitrogens with one attached hydrogen (secondary N) is 1. The highest BCUT2D eigenvalue weighted by Gasteiger charge is 2.26. The zero-order chi connectivity index (χ0) is 15.1. The molecule has 116 valence electrons. The largest absolute Gasteiger partial charge is 0.348 e. The van der Waals surface area contributed by atoms with Crippen molar-refractivity contribution in [2.45, 2.75) is 50.1 Å².